The van der Waals surface area contributed by atoms with Gasteiger partial charge in [-0.25, -0.2) is 5.43 Å². The highest BCUT2D eigenvalue weighted by molar-refractivity contribution is 6.31. The van der Waals surface area contributed by atoms with Crippen molar-refractivity contribution < 1.29 is 13.2 Å². The molecule has 0 aliphatic carbocycles. The summed E-state index contributed by atoms with van der Waals surface area (Å²) < 4.78 is 40.6. The number of nitrogens with two attached hydrogens (primary N) is 1. The number of nitrogens with one attached hydrogen (secondary N) is 1. The molecule has 108 valence electrons. The Morgan fingerprint density at radius 3 is 2.50 bits per heavy atom. The van der Waals surface area contributed by atoms with Crippen molar-refractivity contribution >= 4 is 11.6 Å². The van der Waals surface area contributed by atoms with Crippen LogP contribution in [-0.2, 0) is 13.2 Å². The summed E-state index contributed by atoms with van der Waals surface area (Å²) in [4.78, 5) is 0. The van der Waals surface area contributed by atoms with Crippen LogP contribution in [0.25, 0.3) is 0 Å². The van der Waals surface area contributed by atoms with E-state index in [1.807, 2.05) is 0 Å². The maximum atomic E-state index is 13.1. The van der Waals surface area contributed by atoms with Crippen LogP contribution in [-0.4, -0.2) is 9.78 Å². The summed E-state index contributed by atoms with van der Waals surface area (Å²) in [6.07, 6.45) is -3.12. The third-order valence-corrected chi connectivity index (χ3v) is 3.25. The lowest BCUT2D eigenvalue weighted by molar-refractivity contribution is -0.138. The highest BCUT2D eigenvalue weighted by atomic mass is 35.5. The number of halogens is 4. The minimum Gasteiger partial charge on any atom is -0.271 e. The largest absolute Gasteiger partial charge is 0.416 e. The lowest BCUT2D eigenvalue weighted by Crippen LogP contribution is -2.32. The molecule has 3 N–H and O–H groups in total. The van der Waals surface area contributed by atoms with Crippen LogP contribution in [0.3, 0.4) is 0 Å². The summed E-state index contributed by atoms with van der Waals surface area (Å²) in [5.41, 5.74) is 1.97. The number of hydrogen-bond donors (Lipinski definition) is 2. The van der Waals surface area contributed by atoms with Gasteiger partial charge in [-0.1, -0.05) is 29.8 Å². The Morgan fingerprint density at radius 1 is 1.35 bits per heavy atom. The van der Waals surface area contributed by atoms with Crippen LogP contribution >= 0.6 is 11.6 Å². The van der Waals surface area contributed by atoms with Gasteiger partial charge >= 0.3 is 6.18 Å². The normalized spacial score (nSPS) is 13.5. The van der Waals surface area contributed by atoms with Crippen LogP contribution in [0.2, 0.25) is 5.02 Å². The lowest BCUT2D eigenvalue weighted by atomic mass is 9.98. The summed E-state index contributed by atoms with van der Waals surface area (Å²) in [7, 11) is 1.59. The van der Waals surface area contributed by atoms with E-state index in [1.165, 1.54) is 29.1 Å². The van der Waals surface area contributed by atoms with Gasteiger partial charge in [0.05, 0.1) is 28.5 Å². The van der Waals surface area contributed by atoms with Gasteiger partial charge in [-0.15, -0.1) is 0 Å². The third kappa shape index (κ3) is 2.65. The molecule has 0 bridgehead atoms. The minimum absolute atomic E-state index is 0.00648. The van der Waals surface area contributed by atoms with Gasteiger partial charge in [0.25, 0.3) is 0 Å². The van der Waals surface area contributed by atoms with Crippen LogP contribution in [0.4, 0.5) is 13.2 Å². The van der Waals surface area contributed by atoms with Crippen molar-refractivity contribution in [3.63, 3.8) is 0 Å². The predicted molar refractivity (Wildman–Crippen MR) is 68.8 cm³/mol. The topological polar surface area (TPSA) is 55.9 Å². The van der Waals surface area contributed by atoms with Gasteiger partial charge in [-0.2, -0.15) is 18.3 Å². The summed E-state index contributed by atoms with van der Waals surface area (Å²) in [6.45, 7) is 0. The zero-order valence-corrected chi connectivity index (χ0v) is 11.2. The van der Waals surface area contributed by atoms with Crippen molar-refractivity contribution in [3.05, 3.63) is 52.3 Å². The van der Waals surface area contributed by atoms with Gasteiger partial charge < -0.3 is 0 Å². The summed E-state index contributed by atoms with van der Waals surface area (Å²) in [5, 5.41) is 4.15. The highest BCUT2D eigenvalue weighted by Crippen LogP contribution is 2.37. The van der Waals surface area contributed by atoms with E-state index in [0.29, 0.717) is 5.69 Å². The fraction of sp³-hybridized carbons (Fsp3) is 0.250. The molecule has 1 unspecified atom stereocenters. The third-order valence-electron chi connectivity index (χ3n) is 2.95. The molecule has 0 fully saturated rings. The Balaban J connectivity index is 2.60. The molecular formula is C12H12ClF3N4. The number of hydrogen-bond acceptors (Lipinski definition) is 3. The molecule has 0 aliphatic heterocycles. The van der Waals surface area contributed by atoms with Crippen LogP contribution < -0.4 is 11.3 Å². The van der Waals surface area contributed by atoms with Crippen LogP contribution in [0.1, 0.15) is 22.9 Å². The van der Waals surface area contributed by atoms with Gasteiger partial charge in [0.1, 0.15) is 0 Å². The number of benzene rings is 1. The van der Waals surface area contributed by atoms with Crippen molar-refractivity contribution in [3.8, 4) is 0 Å². The van der Waals surface area contributed by atoms with Gasteiger partial charge in [-0.05, 0) is 11.6 Å². The van der Waals surface area contributed by atoms with E-state index in [-0.39, 0.29) is 10.6 Å². The Morgan fingerprint density at radius 2 is 2.00 bits per heavy atom. The second-order valence-electron chi connectivity index (χ2n) is 4.19. The van der Waals surface area contributed by atoms with E-state index < -0.39 is 17.8 Å². The maximum absolute atomic E-state index is 13.1. The zero-order chi connectivity index (χ0) is 14.9. The van der Waals surface area contributed by atoms with E-state index in [1.54, 1.807) is 7.05 Å². The quantitative estimate of drug-likeness (QED) is 0.677. The van der Waals surface area contributed by atoms with Crippen LogP contribution in [0.5, 0.6) is 0 Å². The highest BCUT2D eigenvalue weighted by Gasteiger charge is 2.36. The van der Waals surface area contributed by atoms with E-state index in [4.69, 9.17) is 17.4 Å². The van der Waals surface area contributed by atoms with Gasteiger partial charge in [-0.3, -0.25) is 10.5 Å². The molecule has 8 heteroatoms. The molecule has 0 saturated heterocycles. The first-order valence-corrected chi connectivity index (χ1v) is 6.03. The fourth-order valence-corrected chi connectivity index (χ4v) is 2.34. The molecule has 2 rings (SSSR count). The Hall–Kier alpha value is -1.57. The van der Waals surface area contributed by atoms with Gasteiger partial charge in [0.15, 0.2) is 0 Å². The molecule has 1 aromatic heterocycles. The van der Waals surface area contributed by atoms with Crippen molar-refractivity contribution in [1.29, 1.82) is 0 Å². The Labute approximate surface area is 118 Å². The summed E-state index contributed by atoms with van der Waals surface area (Å²) in [5.74, 6) is 5.43. The maximum Gasteiger partial charge on any atom is 0.416 e. The van der Waals surface area contributed by atoms with E-state index in [0.717, 1.165) is 6.07 Å². The zero-order valence-electron chi connectivity index (χ0n) is 10.4. The molecule has 0 saturated carbocycles. The van der Waals surface area contributed by atoms with Gasteiger partial charge in [0.2, 0.25) is 0 Å². The molecule has 2 aromatic rings. The minimum atomic E-state index is -4.48. The predicted octanol–water partition coefficient (Wildman–Crippen LogP) is 2.65. The fourth-order valence-electron chi connectivity index (χ4n) is 2.07. The van der Waals surface area contributed by atoms with Gasteiger partial charge in [0, 0.05) is 7.05 Å². The molecule has 1 heterocycles. The lowest BCUT2D eigenvalue weighted by Gasteiger charge is -2.21. The molecule has 0 amide bonds. The Bertz CT molecular complexity index is 589. The SMILES string of the molecule is Cn1ncc(Cl)c1C(NN)c1ccccc1C(F)(F)F. The van der Waals surface area contributed by atoms with Crippen molar-refractivity contribution in [2.24, 2.45) is 12.9 Å². The van der Waals surface area contributed by atoms with Crippen LogP contribution in [0.15, 0.2) is 30.5 Å². The number of aryl methyl sites for hydroxylation is 1. The first-order valence-electron chi connectivity index (χ1n) is 5.66. The molecular weight excluding hydrogens is 293 g/mol. The van der Waals surface area contributed by atoms with Crippen LogP contribution in [0, 0.1) is 0 Å². The van der Waals surface area contributed by atoms with E-state index >= 15 is 0 Å². The monoisotopic (exact) mass is 304 g/mol. The second-order valence-corrected chi connectivity index (χ2v) is 4.59. The molecule has 4 nitrogen and oxygen atoms in total. The van der Waals surface area contributed by atoms with E-state index in [2.05, 4.69) is 10.5 Å². The molecule has 1 atom stereocenters. The van der Waals surface area contributed by atoms with Crippen molar-refractivity contribution in [1.82, 2.24) is 15.2 Å². The smallest absolute Gasteiger partial charge is 0.271 e. The number of aromatic nitrogens is 2. The molecule has 0 aliphatic rings. The number of rotatable bonds is 3. The first kappa shape index (κ1) is 14.8. The number of alkyl halides is 3. The molecule has 0 radical (unpaired) electrons. The van der Waals surface area contributed by atoms with E-state index in [9.17, 15) is 13.2 Å². The molecule has 20 heavy (non-hydrogen) atoms. The average Bonchev–Trinajstić information content (AvgIpc) is 2.71. The number of hydrazine groups is 1. The van der Waals surface area contributed by atoms with Crippen molar-refractivity contribution in [2.75, 3.05) is 0 Å². The van der Waals surface area contributed by atoms with Crippen molar-refractivity contribution in [2.45, 2.75) is 12.2 Å². The standard InChI is InChI=1S/C12H12ClF3N4/c1-20-11(9(13)6-18-20)10(19-17)7-4-2-3-5-8(7)12(14,15)16/h2-6,10,19H,17H2,1H3. The number of nitrogens with zero attached hydrogens (tertiary/aromatic N) is 2. The summed E-state index contributed by atoms with van der Waals surface area (Å²) >= 11 is 5.97. The average molecular weight is 305 g/mol. The summed E-state index contributed by atoms with van der Waals surface area (Å²) in [6, 6.07) is 4.29. The molecule has 1 aromatic carbocycles. The second kappa shape index (κ2) is 5.43. The first-order chi connectivity index (χ1) is 9.36. The Kier molecular flexibility index (Phi) is 4.03. The molecule has 0 spiro atoms.